The molecular formula is C12H13Br2N3OS. The predicted molar refractivity (Wildman–Crippen MR) is 84.3 cm³/mol. The number of nitrogens with zero attached hydrogens (tertiary/aromatic N) is 2. The first-order valence-corrected chi connectivity index (χ1v) is 8.08. The summed E-state index contributed by atoms with van der Waals surface area (Å²) in [7, 11) is 1.69. The van der Waals surface area contributed by atoms with Crippen LogP contribution < -0.4 is 5.32 Å². The molecule has 4 nitrogen and oxygen atoms in total. The van der Waals surface area contributed by atoms with Crippen LogP contribution in [0.4, 0.5) is 0 Å². The van der Waals surface area contributed by atoms with Gasteiger partial charge in [-0.15, -0.1) is 10.2 Å². The van der Waals surface area contributed by atoms with Crippen LogP contribution in [0.1, 0.15) is 5.01 Å². The van der Waals surface area contributed by atoms with Crippen LogP contribution in [-0.4, -0.2) is 30.5 Å². The van der Waals surface area contributed by atoms with Gasteiger partial charge in [-0.1, -0.05) is 43.2 Å². The van der Waals surface area contributed by atoms with Gasteiger partial charge >= 0.3 is 0 Å². The van der Waals surface area contributed by atoms with E-state index in [1.807, 2.05) is 18.2 Å². The smallest absolute Gasteiger partial charge is 0.149 e. The van der Waals surface area contributed by atoms with E-state index in [9.17, 15) is 0 Å². The van der Waals surface area contributed by atoms with E-state index in [0.29, 0.717) is 13.2 Å². The van der Waals surface area contributed by atoms with Gasteiger partial charge in [0.1, 0.15) is 10.0 Å². The fourth-order valence-electron chi connectivity index (χ4n) is 1.46. The molecule has 1 N–H and O–H groups in total. The molecule has 0 spiro atoms. The first kappa shape index (κ1) is 15.1. The first-order chi connectivity index (χ1) is 9.20. The third-order valence-corrected chi connectivity index (χ3v) is 4.53. The number of benzene rings is 1. The minimum Gasteiger partial charge on any atom is -0.383 e. The van der Waals surface area contributed by atoms with Gasteiger partial charge in [0.2, 0.25) is 0 Å². The lowest BCUT2D eigenvalue weighted by molar-refractivity contribution is 0.199. The molecule has 0 fully saturated rings. The fourth-order valence-corrected chi connectivity index (χ4v) is 3.23. The van der Waals surface area contributed by atoms with Gasteiger partial charge in [0.15, 0.2) is 0 Å². The summed E-state index contributed by atoms with van der Waals surface area (Å²) in [6, 6.07) is 6.02. The molecule has 0 amide bonds. The van der Waals surface area contributed by atoms with E-state index < -0.39 is 0 Å². The monoisotopic (exact) mass is 405 g/mol. The highest BCUT2D eigenvalue weighted by Gasteiger charge is 2.10. The molecular weight excluding hydrogens is 394 g/mol. The lowest BCUT2D eigenvalue weighted by Gasteiger charge is -2.00. The van der Waals surface area contributed by atoms with Gasteiger partial charge in [-0.05, 0) is 18.2 Å². The number of hydrogen-bond donors (Lipinski definition) is 1. The Labute approximate surface area is 132 Å². The average molecular weight is 407 g/mol. The molecule has 0 aliphatic rings. The Hall–Kier alpha value is -0.340. The second-order valence-corrected chi connectivity index (χ2v) is 6.63. The summed E-state index contributed by atoms with van der Waals surface area (Å²) in [4.78, 5) is 0. The van der Waals surface area contributed by atoms with Crippen molar-refractivity contribution in [2.24, 2.45) is 0 Å². The van der Waals surface area contributed by atoms with E-state index in [0.717, 1.165) is 31.1 Å². The number of aromatic nitrogens is 2. The van der Waals surface area contributed by atoms with Crippen LogP contribution in [0.15, 0.2) is 27.1 Å². The molecule has 0 bridgehead atoms. The first-order valence-electron chi connectivity index (χ1n) is 5.68. The summed E-state index contributed by atoms with van der Waals surface area (Å²) >= 11 is 8.59. The summed E-state index contributed by atoms with van der Waals surface area (Å²) in [5.41, 5.74) is 1.05. The number of hydrogen-bond acceptors (Lipinski definition) is 5. The molecule has 0 saturated carbocycles. The highest BCUT2D eigenvalue weighted by molar-refractivity contribution is 9.11. The van der Waals surface area contributed by atoms with Crippen molar-refractivity contribution in [1.29, 1.82) is 0 Å². The molecule has 7 heteroatoms. The standard InChI is InChI=1S/C12H13Br2N3OS/c1-18-5-4-15-7-11-16-17-12(19-11)9-6-8(13)2-3-10(9)14/h2-3,6,15H,4-5,7H2,1H3. The van der Waals surface area contributed by atoms with Crippen molar-refractivity contribution in [3.63, 3.8) is 0 Å². The molecule has 2 rings (SSSR count). The SMILES string of the molecule is COCCNCc1nnc(-c2cc(Br)ccc2Br)s1. The van der Waals surface area contributed by atoms with Crippen molar-refractivity contribution >= 4 is 43.2 Å². The zero-order valence-corrected chi connectivity index (χ0v) is 14.3. The van der Waals surface area contributed by atoms with Crippen LogP contribution in [0.5, 0.6) is 0 Å². The average Bonchev–Trinajstić information content (AvgIpc) is 2.86. The number of halogens is 2. The minimum atomic E-state index is 0.697. The minimum absolute atomic E-state index is 0.697. The van der Waals surface area contributed by atoms with E-state index in [1.165, 1.54) is 0 Å². The molecule has 102 valence electrons. The van der Waals surface area contributed by atoms with E-state index in [-0.39, 0.29) is 0 Å². The largest absolute Gasteiger partial charge is 0.383 e. The normalized spacial score (nSPS) is 10.9. The van der Waals surface area contributed by atoms with Crippen LogP contribution >= 0.6 is 43.2 Å². The Balaban J connectivity index is 2.06. The molecule has 2 aromatic rings. The Morgan fingerprint density at radius 3 is 2.95 bits per heavy atom. The van der Waals surface area contributed by atoms with Crippen LogP contribution in [0, 0.1) is 0 Å². The third-order valence-electron chi connectivity index (χ3n) is 2.38. The van der Waals surface area contributed by atoms with Crippen LogP contribution in [0.3, 0.4) is 0 Å². The molecule has 19 heavy (non-hydrogen) atoms. The molecule has 1 heterocycles. The maximum absolute atomic E-state index is 4.98. The van der Waals surface area contributed by atoms with Crippen molar-refractivity contribution in [2.75, 3.05) is 20.3 Å². The number of rotatable bonds is 6. The van der Waals surface area contributed by atoms with Gasteiger partial charge < -0.3 is 10.1 Å². The Morgan fingerprint density at radius 1 is 1.32 bits per heavy atom. The zero-order chi connectivity index (χ0) is 13.7. The molecule has 0 aliphatic heterocycles. The van der Waals surface area contributed by atoms with Crippen molar-refractivity contribution in [1.82, 2.24) is 15.5 Å². The van der Waals surface area contributed by atoms with E-state index >= 15 is 0 Å². The van der Waals surface area contributed by atoms with Gasteiger partial charge in [0.05, 0.1) is 6.61 Å². The van der Waals surface area contributed by atoms with Crippen molar-refractivity contribution in [3.8, 4) is 10.6 Å². The summed E-state index contributed by atoms with van der Waals surface area (Å²) in [5, 5.41) is 13.6. The molecule has 0 atom stereocenters. The van der Waals surface area contributed by atoms with Crippen LogP contribution in [0.25, 0.3) is 10.6 Å². The summed E-state index contributed by atoms with van der Waals surface area (Å²) in [6.45, 7) is 2.22. The van der Waals surface area contributed by atoms with Gasteiger partial charge in [0.25, 0.3) is 0 Å². The van der Waals surface area contributed by atoms with Gasteiger partial charge in [-0.3, -0.25) is 0 Å². The third kappa shape index (κ3) is 4.32. The highest BCUT2D eigenvalue weighted by Crippen LogP contribution is 2.32. The number of ether oxygens (including phenoxy) is 1. The maximum atomic E-state index is 4.98. The van der Waals surface area contributed by atoms with Crippen LogP contribution in [0.2, 0.25) is 0 Å². The lowest BCUT2D eigenvalue weighted by Crippen LogP contribution is -2.18. The zero-order valence-electron chi connectivity index (χ0n) is 10.3. The van der Waals surface area contributed by atoms with E-state index in [1.54, 1.807) is 18.4 Å². The maximum Gasteiger partial charge on any atom is 0.149 e. The second-order valence-electron chi connectivity index (χ2n) is 3.79. The Bertz CT molecular complexity index is 548. The topological polar surface area (TPSA) is 47.0 Å². The van der Waals surface area contributed by atoms with Gasteiger partial charge in [-0.2, -0.15) is 0 Å². The van der Waals surface area contributed by atoms with Crippen molar-refractivity contribution < 1.29 is 4.74 Å². The van der Waals surface area contributed by atoms with Gasteiger partial charge in [0, 0.05) is 34.7 Å². The second kappa shape index (κ2) is 7.44. The Morgan fingerprint density at radius 2 is 2.16 bits per heavy atom. The van der Waals surface area contributed by atoms with Crippen molar-refractivity contribution in [2.45, 2.75) is 6.54 Å². The quantitative estimate of drug-likeness (QED) is 0.746. The summed E-state index contributed by atoms with van der Waals surface area (Å²) in [5.74, 6) is 0. The molecule has 1 aromatic heterocycles. The Kier molecular flexibility index (Phi) is 5.90. The molecule has 0 aliphatic carbocycles. The predicted octanol–water partition coefficient (Wildman–Crippen LogP) is 3.47. The van der Waals surface area contributed by atoms with Gasteiger partial charge in [-0.25, -0.2) is 0 Å². The van der Waals surface area contributed by atoms with Crippen LogP contribution in [-0.2, 0) is 11.3 Å². The lowest BCUT2D eigenvalue weighted by atomic mass is 10.2. The van der Waals surface area contributed by atoms with E-state index in [4.69, 9.17) is 4.74 Å². The summed E-state index contributed by atoms with van der Waals surface area (Å²) < 4.78 is 7.02. The van der Waals surface area contributed by atoms with E-state index in [2.05, 4.69) is 47.4 Å². The molecule has 0 unspecified atom stereocenters. The molecule has 1 aromatic carbocycles. The fraction of sp³-hybridized carbons (Fsp3) is 0.333. The number of nitrogens with one attached hydrogen (secondary N) is 1. The number of methoxy groups -OCH3 is 1. The summed E-state index contributed by atoms with van der Waals surface area (Å²) in [6.07, 6.45) is 0. The molecule has 0 radical (unpaired) electrons. The van der Waals surface area contributed by atoms with Crippen molar-refractivity contribution in [3.05, 3.63) is 32.2 Å². The molecule has 0 saturated heterocycles. The highest BCUT2D eigenvalue weighted by atomic mass is 79.9.